The molecule has 0 heterocycles. The van der Waals surface area contributed by atoms with Gasteiger partial charge in [-0.2, -0.15) is 0 Å². The van der Waals surface area contributed by atoms with E-state index in [1.807, 2.05) is 68.4 Å². The SMILES string of the molecule is Cc1ccc(SCCC(=O)N(Cc2cccc(Br)c2)[C@@H](Cc2ccccc2)C(=O)NC(C)C)cc1. The molecule has 0 aliphatic heterocycles. The van der Waals surface area contributed by atoms with Crippen molar-refractivity contribution < 1.29 is 9.59 Å². The zero-order valence-corrected chi connectivity index (χ0v) is 22.9. The smallest absolute Gasteiger partial charge is 0.243 e. The molecule has 0 fully saturated rings. The van der Waals surface area contributed by atoms with Gasteiger partial charge in [-0.05, 0) is 56.2 Å². The normalized spacial score (nSPS) is 11.8. The fourth-order valence-electron chi connectivity index (χ4n) is 3.80. The van der Waals surface area contributed by atoms with Gasteiger partial charge in [0, 0.05) is 40.5 Å². The second kappa shape index (κ2) is 13.5. The van der Waals surface area contributed by atoms with E-state index in [2.05, 4.69) is 52.4 Å². The van der Waals surface area contributed by atoms with Crippen molar-refractivity contribution in [2.75, 3.05) is 5.75 Å². The summed E-state index contributed by atoms with van der Waals surface area (Å²) < 4.78 is 0.948. The molecule has 35 heavy (non-hydrogen) atoms. The number of nitrogens with one attached hydrogen (secondary N) is 1. The van der Waals surface area contributed by atoms with Crippen LogP contribution in [0.3, 0.4) is 0 Å². The van der Waals surface area contributed by atoms with E-state index in [4.69, 9.17) is 0 Å². The molecule has 1 atom stereocenters. The molecule has 2 amide bonds. The molecule has 0 aromatic heterocycles. The quantitative estimate of drug-likeness (QED) is 0.280. The Morgan fingerprint density at radius 1 is 0.943 bits per heavy atom. The molecule has 0 aliphatic rings. The Bertz CT molecular complexity index is 1100. The molecule has 3 aromatic carbocycles. The van der Waals surface area contributed by atoms with Gasteiger partial charge in [-0.15, -0.1) is 11.8 Å². The predicted molar refractivity (Wildman–Crippen MR) is 148 cm³/mol. The molecule has 0 spiro atoms. The molecule has 0 saturated carbocycles. The van der Waals surface area contributed by atoms with E-state index in [1.54, 1.807) is 16.7 Å². The molecule has 0 aliphatic carbocycles. The minimum absolute atomic E-state index is 0.0133. The first-order chi connectivity index (χ1) is 16.8. The largest absolute Gasteiger partial charge is 0.352 e. The molecule has 1 N–H and O–H groups in total. The Kier molecular flexibility index (Phi) is 10.4. The van der Waals surface area contributed by atoms with Gasteiger partial charge in [-0.3, -0.25) is 9.59 Å². The third kappa shape index (κ3) is 8.86. The Balaban J connectivity index is 1.84. The Morgan fingerprint density at radius 2 is 1.63 bits per heavy atom. The lowest BCUT2D eigenvalue weighted by atomic mass is 10.0. The number of amides is 2. The lowest BCUT2D eigenvalue weighted by molar-refractivity contribution is -0.141. The van der Waals surface area contributed by atoms with E-state index in [0.29, 0.717) is 25.1 Å². The molecule has 0 radical (unpaired) electrons. The first-order valence-corrected chi connectivity index (χ1v) is 13.7. The summed E-state index contributed by atoms with van der Waals surface area (Å²) in [5, 5.41) is 3.04. The van der Waals surface area contributed by atoms with Gasteiger partial charge in [-0.1, -0.05) is 76.1 Å². The van der Waals surface area contributed by atoms with Gasteiger partial charge in [0.15, 0.2) is 0 Å². The zero-order chi connectivity index (χ0) is 25.2. The van der Waals surface area contributed by atoms with Crippen LogP contribution < -0.4 is 5.32 Å². The fourth-order valence-corrected chi connectivity index (χ4v) is 5.09. The summed E-state index contributed by atoms with van der Waals surface area (Å²) in [4.78, 5) is 29.9. The Labute approximate surface area is 221 Å². The molecular formula is C29H33BrN2O2S. The number of halogens is 1. The van der Waals surface area contributed by atoms with E-state index in [9.17, 15) is 9.59 Å². The van der Waals surface area contributed by atoms with E-state index in [1.165, 1.54) is 5.56 Å². The average Bonchev–Trinajstić information content (AvgIpc) is 2.82. The van der Waals surface area contributed by atoms with Crippen LogP contribution in [0.5, 0.6) is 0 Å². The molecule has 184 valence electrons. The first-order valence-electron chi connectivity index (χ1n) is 11.9. The second-order valence-electron chi connectivity index (χ2n) is 8.93. The first kappa shape index (κ1) is 27.0. The van der Waals surface area contributed by atoms with Gasteiger partial charge >= 0.3 is 0 Å². The van der Waals surface area contributed by atoms with Gasteiger partial charge in [-0.25, -0.2) is 0 Å². The number of rotatable bonds is 11. The van der Waals surface area contributed by atoms with Crippen molar-refractivity contribution in [3.8, 4) is 0 Å². The summed E-state index contributed by atoms with van der Waals surface area (Å²) in [6, 6.07) is 25.5. The second-order valence-corrected chi connectivity index (χ2v) is 11.0. The number of hydrogen-bond acceptors (Lipinski definition) is 3. The highest BCUT2D eigenvalue weighted by molar-refractivity contribution is 9.10. The van der Waals surface area contributed by atoms with Crippen molar-refractivity contribution >= 4 is 39.5 Å². The summed E-state index contributed by atoms with van der Waals surface area (Å²) in [7, 11) is 0. The van der Waals surface area contributed by atoms with E-state index < -0.39 is 6.04 Å². The number of benzene rings is 3. The van der Waals surface area contributed by atoms with Crippen molar-refractivity contribution in [3.63, 3.8) is 0 Å². The average molecular weight is 554 g/mol. The van der Waals surface area contributed by atoms with E-state index >= 15 is 0 Å². The van der Waals surface area contributed by atoms with Gasteiger partial charge < -0.3 is 10.2 Å². The van der Waals surface area contributed by atoms with Gasteiger partial charge in [0.1, 0.15) is 6.04 Å². The maximum Gasteiger partial charge on any atom is 0.243 e. The standard InChI is InChI=1S/C29H33BrN2O2S/c1-21(2)31-29(34)27(19-23-8-5-4-6-9-23)32(20-24-10-7-11-25(30)18-24)28(33)16-17-35-26-14-12-22(3)13-15-26/h4-15,18,21,27H,16-17,19-20H2,1-3H3,(H,31,34)/t27-/m0/s1. The van der Waals surface area contributed by atoms with Crippen LogP contribution in [0.1, 0.15) is 37.0 Å². The van der Waals surface area contributed by atoms with Crippen molar-refractivity contribution in [1.82, 2.24) is 10.2 Å². The van der Waals surface area contributed by atoms with E-state index in [-0.39, 0.29) is 17.9 Å². The highest BCUT2D eigenvalue weighted by Crippen LogP contribution is 2.22. The van der Waals surface area contributed by atoms with Crippen molar-refractivity contribution in [2.24, 2.45) is 0 Å². The number of carbonyl (C=O) groups is 2. The lowest BCUT2D eigenvalue weighted by Crippen LogP contribution is -2.51. The van der Waals surface area contributed by atoms with Crippen molar-refractivity contribution in [2.45, 2.75) is 57.1 Å². The molecule has 0 unspecified atom stereocenters. The summed E-state index contributed by atoms with van der Waals surface area (Å²) in [5.74, 6) is 0.503. The van der Waals surface area contributed by atoms with Crippen LogP contribution >= 0.6 is 27.7 Å². The van der Waals surface area contributed by atoms with Gasteiger partial charge in [0.2, 0.25) is 11.8 Å². The summed E-state index contributed by atoms with van der Waals surface area (Å²) >= 11 is 5.19. The minimum atomic E-state index is -0.601. The topological polar surface area (TPSA) is 49.4 Å². The Hall–Kier alpha value is -2.57. The van der Waals surface area contributed by atoms with E-state index in [0.717, 1.165) is 20.5 Å². The molecule has 3 rings (SSSR count). The maximum atomic E-state index is 13.6. The fraction of sp³-hybridized carbons (Fsp3) is 0.310. The number of hydrogen-bond donors (Lipinski definition) is 1. The summed E-state index contributed by atoms with van der Waals surface area (Å²) in [6.07, 6.45) is 0.817. The van der Waals surface area contributed by atoms with Crippen LogP contribution in [0.15, 0.2) is 88.2 Å². The molecule has 0 saturated heterocycles. The van der Waals surface area contributed by atoms with Crippen LogP contribution in [0, 0.1) is 6.92 Å². The van der Waals surface area contributed by atoms with Crippen LogP contribution in [-0.4, -0.2) is 34.6 Å². The molecule has 6 heteroatoms. The van der Waals surface area contributed by atoms with Crippen molar-refractivity contribution in [1.29, 1.82) is 0 Å². The van der Waals surface area contributed by atoms with Gasteiger partial charge in [0.05, 0.1) is 0 Å². The molecule has 3 aromatic rings. The summed E-state index contributed by atoms with van der Waals surface area (Å²) in [5.41, 5.74) is 3.22. The highest BCUT2D eigenvalue weighted by atomic mass is 79.9. The monoisotopic (exact) mass is 552 g/mol. The zero-order valence-electron chi connectivity index (χ0n) is 20.5. The molecule has 4 nitrogen and oxygen atoms in total. The highest BCUT2D eigenvalue weighted by Gasteiger charge is 2.30. The number of aryl methyl sites for hydroxylation is 1. The Morgan fingerprint density at radius 3 is 2.29 bits per heavy atom. The van der Waals surface area contributed by atoms with Gasteiger partial charge in [0.25, 0.3) is 0 Å². The van der Waals surface area contributed by atoms with Crippen LogP contribution in [0.25, 0.3) is 0 Å². The third-order valence-electron chi connectivity index (χ3n) is 5.55. The van der Waals surface area contributed by atoms with Crippen LogP contribution in [0.4, 0.5) is 0 Å². The summed E-state index contributed by atoms with van der Waals surface area (Å²) in [6.45, 7) is 6.32. The third-order valence-corrected chi connectivity index (χ3v) is 7.06. The van der Waals surface area contributed by atoms with Crippen LogP contribution in [-0.2, 0) is 22.6 Å². The number of carbonyl (C=O) groups excluding carboxylic acids is 2. The lowest BCUT2D eigenvalue weighted by Gasteiger charge is -2.32. The number of nitrogens with zero attached hydrogens (tertiary/aromatic N) is 1. The molecular weight excluding hydrogens is 520 g/mol. The predicted octanol–water partition coefficient (Wildman–Crippen LogP) is 6.40. The maximum absolute atomic E-state index is 13.6. The van der Waals surface area contributed by atoms with Crippen molar-refractivity contribution in [3.05, 3.63) is 100 Å². The minimum Gasteiger partial charge on any atom is -0.352 e. The number of thioether (sulfide) groups is 1. The molecule has 0 bridgehead atoms. The van der Waals surface area contributed by atoms with Crippen LogP contribution in [0.2, 0.25) is 0 Å².